The molecule has 7 heteroatoms. The highest BCUT2D eigenvalue weighted by Gasteiger charge is 2.20. The van der Waals surface area contributed by atoms with E-state index in [-0.39, 0.29) is 18.0 Å². The third kappa shape index (κ3) is 3.27. The highest BCUT2D eigenvalue weighted by molar-refractivity contribution is 7.99. The fourth-order valence-electron chi connectivity index (χ4n) is 2.15. The number of amides is 1. The highest BCUT2D eigenvalue weighted by atomic mass is 32.2. The molecule has 0 aliphatic carbocycles. The predicted octanol–water partition coefficient (Wildman–Crippen LogP) is 1.86. The molecule has 108 valence electrons. The number of carbonyl (C=O) groups is 1. The zero-order valence-electron chi connectivity index (χ0n) is 12.1. The molecule has 0 unspecified atom stereocenters. The van der Waals surface area contributed by atoms with E-state index in [9.17, 15) is 4.79 Å². The lowest BCUT2D eigenvalue weighted by molar-refractivity contribution is -0.131. The molecule has 6 nitrogen and oxygen atoms in total. The van der Waals surface area contributed by atoms with E-state index in [4.69, 9.17) is 0 Å². The van der Waals surface area contributed by atoms with Gasteiger partial charge < -0.3 is 4.90 Å². The molecule has 2 aromatic heterocycles. The maximum atomic E-state index is 12.2. The monoisotopic (exact) mass is 293 g/mol. The Kier molecular flexibility index (Phi) is 4.59. The van der Waals surface area contributed by atoms with Crippen LogP contribution in [-0.4, -0.2) is 48.2 Å². The molecule has 2 rings (SSSR count). The summed E-state index contributed by atoms with van der Waals surface area (Å²) in [4.78, 5) is 22.5. The van der Waals surface area contributed by atoms with E-state index in [0.717, 1.165) is 0 Å². The van der Waals surface area contributed by atoms with Crippen LogP contribution in [0.3, 0.4) is 0 Å². The highest BCUT2D eigenvalue weighted by Crippen LogP contribution is 2.16. The van der Waals surface area contributed by atoms with Crippen LogP contribution in [0.15, 0.2) is 23.6 Å². The van der Waals surface area contributed by atoms with E-state index in [0.29, 0.717) is 16.7 Å². The number of carbonyl (C=O) groups excluding carboxylic acids is 1. The summed E-state index contributed by atoms with van der Waals surface area (Å²) in [5.74, 6) is 0.992. The first-order chi connectivity index (χ1) is 9.49. The van der Waals surface area contributed by atoms with Crippen molar-refractivity contribution in [3.63, 3.8) is 0 Å². The maximum absolute atomic E-state index is 12.2. The Bertz CT molecular complexity index is 554. The van der Waals surface area contributed by atoms with E-state index in [1.54, 1.807) is 23.0 Å². The Morgan fingerprint density at radius 3 is 2.65 bits per heavy atom. The van der Waals surface area contributed by atoms with Crippen LogP contribution < -0.4 is 0 Å². The second-order valence-corrected chi connectivity index (χ2v) is 5.98. The molecule has 0 bridgehead atoms. The molecule has 0 saturated heterocycles. The first kappa shape index (κ1) is 14.8. The Morgan fingerprint density at radius 2 is 2.05 bits per heavy atom. The zero-order valence-corrected chi connectivity index (χ0v) is 13.0. The van der Waals surface area contributed by atoms with Gasteiger partial charge in [-0.2, -0.15) is 4.98 Å². The Morgan fingerprint density at radius 1 is 1.35 bits per heavy atom. The summed E-state index contributed by atoms with van der Waals surface area (Å²) in [6, 6.07) is 2.18. The summed E-state index contributed by atoms with van der Waals surface area (Å²) in [6.07, 6.45) is 3.46. The standard InChI is InChI=1S/C13H19N5OS/c1-9(2)18(10(3)4)11(19)8-20-13-15-12-14-6-5-7-17(12)16-13/h5-7,9-10H,8H2,1-4H3. The molecular weight excluding hydrogens is 274 g/mol. The number of rotatable bonds is 5. The van der Waals surface area contributed by atoms with Crippen LogP contribution >= 0.6 is 11.8 Å². The quantitative estimate of drug-likeness (QED) is 0.787. The molecule has 20 heavy (non-hydrogen) atoms. The van der Waals surface area contributed by atoms with E-state index >= 15 is 0 Å². The van der Waals surface area contributed by atoms with E-state index in [1.165, 1.54) is 11.8 Å². The number of fused-ring (bicyclic) bond motifs is 1. The summed E-state index contributed by atoms with van der Waals surface area (Å²) < 4.78 is 1.61. The second kappa shape index (κ2) is 6.21. The normalized spacial score (nSPS) is 11.5. The van der Waals surface area contributed by atoms with Gasteiger partial charge in [-0.1, -0.05) is 11.8 Å². The van der Waals surface area contributed by atoms with Crippen molar-refractivity contribution in [2.24, 2.45) is 0 Å². The van der Waals surface area contributed by atoms with Crippen LogP contribution in [0.1, 0.15) is 27.7 Å². The smallest absolute Gasteiger partial charge is 0.253 e. The number of hydrogen-bond acceptors (Lipinski definition) is 5. The number of hydrogen-bond donors (Lipinski definition) is 0. The van der Waals surface area contributed by atoms with Gasteiger partial charge in [0, 0.05) is 24.5 Å². The molecule has 1 amide bonds. The van der Waals surface area contributed by atoms with Gasteiger partial charge in [0.05, 0.1) is 5.75 Å². The fourth-order valence-corrected chi connectivity index (χ4v) is 2.84. The van der Waals surface area contributed by atoms with Gasteiger partial charge in [0.15, 0.2) is 0 Å². The lowest BCUT2D eigenvalue weighted by Crippen LogP contribution is -2.43. The molecule has 0 aromatic carbocycles. The lowest BCUT2D eigenvalue weighted by atomic mass is 10.2. The minimum atomic E-state index is 0.104. The van der Waals surface area contributed by atoms with E-state index in [2.05, 4.69) is 15.1 Å². The van der Waals surface area contributed by atoms with Gasteiger partial charge in [-0.15, -0.1) is 5.10 Å². The van der Waals surface area contributed by atoms with Crippen molar-refractivity contribution >= 4 is 23.4 Å². The van der Waals surface area contributed by atoms with Crippen molar-refractivity contribution in [3.05, 3.63) is 18.5 Å². The molecule has 0 radical (unpaired) electrons. The van der Waals surface area contributed by atoms with Crippen molar-refractivity contribution in [2.45, 2.75) is 44.9 Å². The molecule has 2 aromatic rings. The maximum Gasteiger partial charge on any atom is 0.253 e. The molecule has 0 saturated carbocycles. The van der Waals surface area contributed by atoms with Crippen LogP contribution in [0.5, 0.6) is 0 Å². The first-order valence-corrected chi connectivity index (χ1v) is 7.59. The minimum absolute atomic E-state index is 0.104. The topological polar surface area (TPSA) is 63.4 Å². The van der Waals surface area contributed by atoms with Crippen LogP contribution in [0.2, 0.25) is 0 Å². The molecule has 2 heterocycles. The van der Waals surface area contributed by atoms with Gasteiger partial charge in [0.2, 0.25) is 11.1 Å². The summed E-state index contributed by atoms with van der Waals surface area (Å²) in [5, 5.41) is 4.84. The van der Waals surface area contributed by atoms with Crippen molar-refractivity contribution < 1.29 is 4.79 Å². The van der Waals surface area contributed by atoms with Gasteiger partial charge in [-0.05, 0) is 33.8 Å². The van der Waals surface area contributed by atoms with E-state index < -0.39 is 0 Å². The Labute approximate surface area is 122 Å². The number of nitrogens with zero attached hydrogens (tertiary/aromatic N) is 5. The number of thioether (sulfide) groups is 1. The minimum Gasteiger partial charge on any atom is -0.337 e. The average Bonchev–Trinajstić information content (AvgIpc) is 2.78. The van der Waals surface area contributed by atoms with E-state index in [1.807, 2.05) is 32.6 Å². The van der Waals surface area contributed by atoms with Crippen molar-refractivity contribution in [1.29, 1.82) is 0 Å². The van der Waals surface area contributed by atoms with Crippen LogP contribution in [0.25, 0.3) is 5.78 Å². The molecule has 0 fully saturated rings. The van der Waals surface area contributed by atoms with Gasteiger partial charge in [-0.3, -0.25) is 4.79 Å². The molecule has 0 spiro atoms. The summed E-state index contributed by atoms with van der Waals surface area (Å²) in [6.45, 7) is 8.09. The second-order valence-electron chi connectivity index (χ2n) is 5.04. The van der Waals surface area contributed by atoms with Gasteiger partial charge >= 0.3 is 0 Å². The Hall–Kier alpha value is -1.63. The van der Waals surface area contributed by atoms with Crippen molar-refractivity contribution in [1.82, 2.24) is 24.5 Å². The van der Waals surface area contributed by atoms with Crippen LogP contribution in [0.4, 0.5) is 0 Å². The van der Waals surface area contributed by atoms with Gasteiger partial charge in [0.25, 0.3) is 5.78 Å². The summed E-state index contributed by atoms with van der Waals surface area (Å²) >= 11 is 1.34. The van der Waals surface area contributed by atoms with Crippen molar-refractivity contribution in [2.75, 3.05) is 5.75 Å². The predicted molar refractivity (Wildman–Crippen MR) is 78.6 cm³/mol. The van der Waals surface area contributed by atoms with Crippen LogP contribution in [0, 0.1) is 0 Å². The molecule has 0 atom stereocenters. The summed E-state index contributed by atoms with van der Waals surface area (Å²) in [7, 11) is 0. The average molecular weight is 293 g/mol. The third-order valence-electron chi connectivity index (χ3n) is 2.82. The molecular formula is C13H19N5OS. The molecule has 0 aliphatic heterocycles. The summed E-state index contributed by atoms with van der Waals surface area (Å²) in [5.41, 5.74) is 0. The van der Waals surface area contributed by atoms with Gasteiger partial charge in [-0.25, -0.2) is 9.50 Å². The number of aromatic nitrogens is 4. The largest absolute Gasteiger partial charge is 0.337 e. The Balaban J connectivity index is 2.02. The molecule has 0 aliphatic rings. The fraction of sp³-hybridized carbons (Fsp3) is 0.538. The van der Waals surface area contributed by atoms with Crippen LogP contribution in [-0.2, 0) is 4.79 Å². The molecule has 0 N–H and O–H groups in total. The first-order valence-electron chi connectivity index (χ1n) is 6.60. The van der Waals surface area contributed by atoms with Crippen molar-refractivity contribution in [3.8, 4) is 0 Å². The lowest BCUT2D eigenvalue weighted by Gasteiger charge is -2.30. The zero-order chi connectivity index (χ0) is 14.7. The third-order valence-corrected chi connectivity index (χ3v) is 3.65. The SMILES string of the molecule is CC(C)N(C(=O)CSc1nc2ncccn2n1)C(C)C. The van der Waals surface area contributed by atoms with Gasteiger partial charge in [0.1, 0.15) is 0 Å².